The summed E-state index contributed by atoms with van der Waals surface area (Å²) in [6.07, 6.45) is -1.03. The van der Waals surface area contributed by atoms with E-state index < -0.39 is 12.0 Å². The lowest BCUT2D eigenvalue weighted by Crippen LogP contribution is -2.32. The Morgan fingerprint density at radius 2 is 2.33 bits per heavy atom. The van der Waals surface area contributed by atoms with Gasteiger partial charge in [-0.2, -0.15) is 0 Å². The van der Waals surface area contributed by atoms with Crippen molar-refractivity contribution in [2.75, 3.05) is 0 Å². The van der Waals surface area contributed by atoms with Gasteiger partial charge in [0, 0.05) is 28.0 Å². The topological polar surface area (TPSA) is 87.2 Å². The minimum atomic E-state index is -1.03. The molecule has 0 radical (unpaired) electrons. The van der Waals surface area contributed by atoms with Crippen molar-refractivity contribution >= 4 is 39.7 Å². The first-order chi connectivity index (χ1) is 11.5. The SMILES string of the molecule is C[C@@H](O)C(=O)NCc1cc2cc(Cl)c(OCc3cscn3)cc2[nH]1. The second-order valence-electron chi connectivity index (χ2n) is 5.33. The molecular formula is C16H16ClN3O3S. The lowest BCUT2D eigenvalue weighted by molar-refractivity contribution is -0.128. The Kier molecular flexibility index (Phi) is 5.03. The number of nitrogens with one attached hydrogen (secondary N) is 2. The van der Waals surface area contributed by atoms with Crippen molar-refractivity contribution in [1.82, 2.24) is 15.3 Å². The van der Waals surface area contributed by atoms with Crippen LogP contribution in [0.3, 0.4) is 0 Å². The van der Waals surface area contributed by atoms with Gasteiger partial charge in [0.05, 0.1) is 22.8 Å². The van der Waals surface area contributed by atoms with Crippen molar-refractivity contribution in [3.05, 3.63) is 45.5 Å². The van der Waals surface area contributed by atoms with E-state index in [-0.39, 0.29) is 0 Å². The number of halogens is 1. The first-order valence-corrected chi connectivity index (χ1v) is 8.62. The number of aromatic nitrogens is 2. The molecule has 24 heavy (non-hydrogen) atoms. The average Bonchev–Trinajstić information content (AvgIpc) is 3.19. The van der Waals surface area contributed by atoms with E-state index in [0.717, 1.165) is 22.3 Å². The molecule has 126 valence electrons. The number of fused-ring (bicyclic) bond motifs is 1. The number of H-pyrrole nitrogens is 1. The summed E-state index contributed by atoms with van der Waals surface area (Å²) in [5.74, 6) is 0.151. The van der Waals surface area contributed by atoms with Crippen LogP contribution in [-0.2, 0) is 17.9 Å². The second kappa shape index (κ2) is 7.21. The predicted molar refractivity (Wildman–Crippen MR) is 93.3 cm³/mol. The van der Waals surface area contributed by atoms with Crippen molar-refractivity contribution in [3.8, 4) is 5.75 Å². The number of hydrogen-bond acceptors (Lipinski definition) is 5. The molecule has 0 spiro atoms. The number of thiazole rings is 1. The van der Waals surface area contributed by atoms with Crippen LogP contribution in [0, 0.1) is 0 Å². The molecule has 0 saturated heterocycles. The number of carbonyl (C=O) groups is 1. The van der Waals surface area contributed by atoms with Crippen LogP contribution < -0.4 is 10.1 Å². The monoisotopic (exact) mass is 365 g/mol. The molecule has 0 bridgehead atoms. The van der Waals surface area contributed by atoms with Gasteiger partial charge in [0.1, 0.15) is 18.5 Å². The summed E-state index contributed by atoms with van der Waals surface area (Å²) in [7, 11) is 0. The number of rotatable bonds is 6. The summed E-state index contributed by atoms with van der Waals surface area (Å²) in [5.41, 5.74) is 4.27. The molecule has 2 aromatic heterocycles. The number of carbonyl (C=O) groups excluding carboxylic acids is 1. The number of aromatic amines is 1. The Bertz CT molecular complexity index is 846. The summed E-state index contributed by atoms with van der Waals surface area (Å²) < 4.78 is 5.72. The van der Waals surface area contributed by atoms with E-state index in [2.05, 4.69) is 15.3 Å². The van der Waals surface area contributed by atoms with Gasteiger partial charge in [-0.25, -0.2) is 4.98 Å². The van der Waals surface area contributed by atoms with E-state index in [1.807, 2.05) is 23.6 Å². The van der Waals surface area contributed by atoms with Crippen molar-refractivity contribution in [2.45, 2.75) is 26.2 Å². The third-order valence-corrected chi connectivity index (χ3v) is 4.35. The van der Waals surface area contributed by atoms with Gasteiger partial charge in [-0.15, -0.1) is 11.3 Å². The number of nitrogens with zero attached hydrogens (tertiary/aromatic N) is 1. The maximum atomic E-state index is 11.4. The molecule has 6 nitrogen and oxygen atoms in total. The molecule has 3 rings (SSSR count). The predicted octanol–water partition coefficient (Wildman–Crippen LogP) is 2.85. The quantitative estimate of drug-likeness (QED) is 0.626. The third-order valence-electron chi connectivity index (χ3n) is 3.42. The van der Waals surface area contributed by atoms with Crippen LogP contribution in [0.25, 0.3) is 10.9 Å². The summed E-state index contributed by atoms with van der Waals surface area (Å²) in [5, 5.41) is 15.2. The summed E-state index contributed by atoms with van der Waals surface area (Å²) in [6.45, 7) is 2.07. The van der Waals surface area contributed by atoms with Crippen LogP contribution in [0.4, 0.5) is 0 Å². The highest BCUT2D eigenvalue weighted by molar-refractivity contribution is 7.07. The summed E-state index contributed by atoms with van der Waals surface area (Å²) in [4.78, 5) is 18.8. The molecule has 2 heterocycles. The maximum absolute atomic E-state index is 11.4. The smallest absolute Gasteiger partial charge is 0.248 e. The molecule has 0 aliphatic rings. The fourth-order valence-electron chi connectivity index (χ4n) is 2.19. The summed E-state index contributed by atoms with van der Waals surface area (Å²) in [6, 6.07) is 5.53. The van der Waals surface area contributed by atoms with Crippen molar-refractivity contribution < 1.29 is 14.6 Å². The Morgan fingerprint density at radius 3 is 3.04 bits per heavy atom. The number of aliphatic hydroxyl groups excluding tert-OH is 1. The zero-order chi connectivity index (χ0) is 17.1. The highest BCUT2D eigenvalue weighted by Gasteiger charge is 2.11. The lowest BCUT2D eigenvalue weighted by Gasteiger charge is -2.06. The molecule has 0 saturated carbocycles. The molecular weight excluding hydrogens is 350 g/mol. The second-order valence-corrected chi connectivity index (χ2v) is 6.45. The zero-order valence-corrected chi connectivity index (χ0v) is 14.4. The largest absolute Gasteiger partial charge is 0.486 e. The molecule has 8 heteroatoms. The zero-order valence-electron chi connectivity index (χ0n) is 12.9. The van der Waals surface area contributed by atoms with Crippen LogP contribution in [0.1, 0.15) is 18.3 Å². The molecule has 0 aliphatic heterocycles. The third kappa shape index (κ3) is 3.87. The maximum Gasteiger partial charge on any atom is 0.248 e. The highest BCUT2D eigenvalue weighted by Crippen LogP contribution is 2.31. The minimum Gasteiger partial charge on any atom is -0.486 e. The average molecular weight is 366 g/mol. The van der Waals surface area contributed by atoms with E-state index in [1.165, 1.54) is 18.3 Å². The lowest BCUT2D eigenvalue weighted by atomic mass is 10.2. The molecule has 0 fully saturated rings. The molecule has 0 unspecified atom stereocenters. The number of amides is 1. The van der Waals surface area contributed by atoms with E-state index in [4.69, 9.17) is 16.3 Å². The summed E-state index contributed by atoms with van der Waals surface area (Å²) >= 11 is 7.77. The molecule has 1 atom stereocenters. The van der Waals surface area contributed by atoms with Gasteiger partial charge < -0.3 is 20.1 Å². The minimum absolute atomic E-state index is 0.297. The van der Waals surface area contributed by atoms with Crippen LogP contribution in [0.2, 0.25) is 5.02 Å². The number of hydrogen-bond donors (Lipinski definition) is 3. The van der Waals surface area contributed by atoms with E-state index in [0.29, 0.717) is 23.9 Å². The van der Waals surface area contributed by atoms with Gasteiger partial charge in [-0.05, 0) is 19.1 Å². The molecule has 1 amide bonds. The van der Waals surface area contributed by atoms with Crippen molar-refractivity contribution in [1.29, 1.82) is 0 Å². The molecule has 3 aromatic rings. The number of benzene rings is 1. The normalized spacial score (nSPS) is 12.3. The highest BCUT2D eigenvalue weighted by atomic mass is 35.5. The standard InChI is InChI=1S/C16H16ClN3O3S/c1-9(21)16(22)18-5-11-2-10-3-13(17)15(4-14(10)20-11)23-6-12-7-24-8-19-12/h2-4,7-9,20-21H,5-6H2,1H3,(H,18,22)/t9-/m1/s1. The van der Waals surface area contributed by atoms with Gasteiger partial charge in [0.25, 0.3) is 0 Å². The molecule has 1 aromatic carbocycles. The van der Waals surface area contributed by atoms with Crippen molar-refractivity contribution in [2.24, 2.45) is 0 Å². The molecule has 0 aliphatic carbocycles. The van der Waals surface area contributed by atoms with E-state index in [1.54, 1.807) is 5.51 Å². The van der Waals surface area contributed by atoms with Crippen LogP contribution in [-0.4, -0.2) is 27.1 Å². The van der Waals surface area contributed by atoms with Gasteiger partial charge in [-0.1, -0.05) is 11.6 Å². The fourth-order valence-corrected chi connectivity index (χ4v) is 2.96. The Balaban J connectivity index is 1.73. The number of ether oxygens (including phenoxy) is 1. The van der Waals surface area contributed by atoms with Gasteiger partial charge in [0.2, 0.25) is 5.91 Å². The van der Waals surface area contributed by atoms with Crippen LogP contribution in [0.5, 0.6) is 5.75 Å². The number of aliphatic hydroxyl groups is 1. The van der Waals surface area contributed by atoms with Gasteiger partial charge in [-0.3, -0.25) is 4.79 Å². The Labute approximate surface area is 147 Å². The fraction of sp³-hybridized carbons (Fsp3) is 0.250. The van der Waals surface area contributed by atoms with Crippen molar-refractivity contribution in [3.63, 3.8) is 0 Å². The van der Waals surface area contributed by atoms with E-state index in [9.17, 15) is 9.90 Å². The van der Waals surface area contributed by atoms with Crippen LogP contribution >= 0.6 is 22.9 Å². The Hall–Kier alpha value is -2.09. The molecule has 3 N–H and O–H groups in total. The first kappa shape index (κ1) is 16.8. The van der Waals surface area contributed by atoms with Gasteiger partial charge >= 0.3 is 0 Å². The van der Waals surface area contributed by atoms with E-state index >= 15 is 0 Å². The van der Waals surface area contributed by atoms with Crippen LogP contribution in [0.15, 0.2) is 29.1 Å². The Morgan fingerprint density at radius 1 is 1.50 bits per heavy atom. The van der Waals surface area contributed by atoms with Gasteiger partial charge in [0.15, 0.2) is 0 Å². The first-order valence-electron chi connectivity index (χ1n) is 7.29.